The Balaban J connectivity index is 1.12. The fourth-order valence-corrected chi connectivity index (χ4v) is 5.26. The van der Waals surface area contributed by atoms with E-state index in [4.69, 9.17) is 4.74 Å². The van der Waals surface area contributed by atoms with Crippen molar-refractivity contribution < 1.29 is 14.3 Å². The Morgan fingerprint density at radius 3 is 2.52 bits per heavy atom. The number of aromatic nitrogens is 1. The van der Waals surface area contributed by atoms with E-state index < -0.39 is 0 Å². The average Bonchev–Trinajstić information content (AvgIpc) is 3.39. The van der Waals surface area contributed by atoms with Crippen LogP contribution in [0.4, 0.5) is 0 Å². The number of para-hydroxylation sites is 1. The summed E-state index contributed by atoms with van der Waals surface area (Å²) in [5.74, 6) is 0.118. The lowest BCUT2D eigenvalue weighted by Crippen LogP contribution is -2.47. The van der Waals surface area contributed by atoms with Crippen LogP contribution >= 0.6 is 0 Å². The molecule has 0 radical (unpaired) electrons. The van der Waals surface area contributed by atoms with Gasteiger partial charge in [-0.05, 0) is 43.4 Å². The minimum Gasteiger partial charge on any atom is -0.370 e. The molecule has 2 aliphatic heterocycles. The highest BCUT2D eigenvalue weighted by atomic mass is 16.5. The molecule has 3 aromatic rings. The van der Waals surface area contributed by atoms with E-state index in [1.165, 1.54) is 0 Å². The largest absolute Gasteiger partial charge is 0.370 e. The summed E-state index contributed by atoms with van der Waals surface area (Å²) in [6.45, 7) is 1.99. The van der Waals surface area contributed by atoms with E-state index in [1.54, 1.807) is 0 Å². The van der Waals surface area contributed by atoms with Gasteiger partial charge in [-0.3, -0.25) is 9.59 Å². The van der Waals surface area contributed by atoms with Gasteiger partial charge in [-0.1, -0.05) is 48.5 Å². The van der Waals surface area contributed by atoms with Gasteiger partial charge in [0.1, 0.15) is 5.69 Å². The Kier molecular flexibility index (Phi) is 5.94. The van der Waals surface area contributed by atoms with E-state index >= 15 is 0 Å². The molecule has 1 spiro atoms. The van der Waals surface area contributed by atoms with Crippen molar-refractivity contribution in [3.05, 3.63) is 71.9 Å². The predicted octanol–water partition coefficient (Wildman–Crippen LogP) is 3.69. The molecule has 0 aliphatic carbocycles. The first-order chi connectivity index (χ1) is 16.0. The van der Waals surface area contributed by atoms with Crippen LogP contribution in [0.2, 0.25) is 0 Å². The molecule has 1 atom stereocenters. The number of carbonyl (C=O) groups is 2. The molecule has 1 aromatic heterocycles. The van der Waals surface area contributed by atoms with Crippen molar-refractivity contribution in [3.63, 3.8) is 0 Å². The standard InChI is InChI=1S/C27H31N3O3/c1-29-23-10-6-5-9-21(23)18-24(29)26(32)28-19-22-11-12-27(33-22)13-15-30(16-14-27)25(31)17-20-7-3-2-4-8-20/h2-10,18,22H,11-17,19H2,1H3,(H,28,32). The predicted molar refractivity (Wildman–Crippen MR) is 128 cm³/mol. The zero-order chi connectivity index (χ0) is 22.8. The number of nitrogens with zero attached hydrogens (tertiary/aromatic N) is 2. The minimum atomic E-state index is -0.154. The van der Waals surface area contributed by atoms with Gasteiger partial charge in [0.25, 0.3) is 5.91 Å². The highest BCUT2D eigenvalue weighted by Crippen LogP contribution is 2.38. The summed E-state index contributed by atoms with van der Waals surface area (Å²) in [7, 11) is 1.92. The third-order valence-electron chi connectivity index (χ3n) is 7.24. The summed E-state index contributed by atoms with van der Waals surface area (Å²) in [6, 6.07) is 19.9. The highest BCUT2D eigenvalue weighted by molar-refractivity contribution is 5.98. The van der Waals surface area contributed by atoms with Gasteiger partial charge in [-0.2, -0.15) is 0 Å². The van der Waals surface area contributed by atoms with Gasteiger partial charge in [-0.25, -0.2) is 0 Å². The Labute approximate surface area is 194 Å². The number of fused-ring (bicyclic) bond motifs is 1. The monoisotopic (exact) mass is 445 g/mol. The lowest BCUT2D eigenvalue weighted by molar-refractivity contribution is -0.136. The first-order valence-electron chi connectivity index (χ1n) is 11.9. The molecule has 3 heterocycles. The third kappa shape index (κ3) is 4.53. The fraction of sp³-hybridized carbons (Fsp3) is 0.407. The molecule has 0 saturated carbocycles. The van der Waals surface area contributed by atoms with Crippen LogP contribution in [0.3, 0.4) is 0 Å². The van der Waals surface area contributed by atoms with Crippen LogP contribution in [-0.4, -0.2) is 52.6 Å². The van der Waals surface area contributed by atoms with Crippen molar-refractivity contribution in [3.8, 4) is 0 Å². The van der Waals surface area contributed by atoms with Crippen LogP contribution in [0.15, 0.2) is 60.7 Å². The molecule has 0 bridgehead atoms. The second-order valence-electron chi connectivity index (χ2n) is 9.36. The van der Waals surface area contributed by atoms with Crippen LogP contribution in [0.1, 0.15) is 41.7 Å². The number of rotatable bonds is 5. The summed E-state index contributed by atoms with van der Waals surface area (Å²) in [6.07, 6.45) is 4.13. The lowest BCUT2D eigenvalue weighted by Gasteiger charge is -2.39. The fourth-order valence-electron chi connectivity index (χ4n) is 5.26. The number of nitrogens with one attached hydrogen (secondary N) is 1. The Morgan fingerprint density at radius 1 is 1.03 bits per heavy atom. The van der Waals surface area contributed by atoms with Crippen LogP contribution in [0.25, 0.3) is 10.9 Å². The maximum Gasteiger partial charge on any atom is 0.268 e. The molecular weight excluding hydrogens is 414 g/mol. The molecular formula is C27H31N3O3. The van der Waals surface area contributed by atoms with E-state index in [0.29, 0.717) is 18.7 Å². The summed E-state index contributed by atoms with van der Waals surface area (Å²) < 4.78 is 8.39. The molecule has 2 aromatic carbocycles. The van der Waals surface area contributed by atoms with Crippen molar-refractivity contribution in [2.75, 3.05) is 19.6 Å². The Morgan fingerprint density at radius 2 is 1.76 bits per heavy atom. The maximum atomic E-state index is 12.8. The van der Waals surface area contributed by atoms with Crippen LogP contribution < -0.4 is 5.32 Å². The van der Waals surface area contributed by atoms with Gasteiger partial charge < -0.3 is 19.5 Å². The normalized spacial score (nSPS) is 19.8. The van der Waals surface area contributed by atoms with Crippen LogP contribution in [0.5, 0.6) is 0 Å². The maximum absolute atomic E-state index is 12.8. The quantitative estimate of drug-likeness (QED) is 0.652. The van der Waals surface area contributed by atoms with E-state index in [2.05, 4.69) is 5.32 Å². The zero-order valence-electron chi connectivity index (χ0n) is 19.1. The van der Waals surface area contributed by atoms with E-state index in [1.807, 2.05) is 77.2 Å². The second kappa shape index (κ2) is 9.02. The number of benzene rings is 2. The first-order valence-corrected chi connectivity index (χ1v) is 11.9. The molecule has 33 heavy (non-hydrogen) atoms. The number of piperidine rings is 1. The topological polar surface area (TPSA) is 63.6 Å². The van der Waals surface area contributed by atoms with Gasteiger partial charge in [0.15, 0.2) is 0 Å². The molecule has 1 N–H and O–H groups in total. The van der Waals surface area contributed by atoms with E-state index in [0.717, 1.165) is 55.2 Å². The molecule has 172 valence electrons. The van der Waals surface area contributed by atoms with Crippen molar-refractivity contribution in [2.24, 2.45) is 7.05 Å². The van der Waals surface area contributed by atoms with Crippen molar-refractivity contribution in [1.82, 2.24) is 14.8 Å². The molecule has 2 aliphatic rings. The van der Waals surface area contributed by atoms with E-state index in [-0.39, 0.29) is 23.5 Å². The number of hydrogen-bond acceptors (Lipinski definition) is 3. The summed E-state index contributed by atoms with van der Waals surface area (Å²) >= 11 is 0. The highest BCUT2D eigenvalue weighted by Gasteiger charge is 2.43. The number of ether oxygens (including phenoxy) is 1. The van der Waals surface area contributed by atoms with Crippen molar-refractivity contribution in [2.45, 2.75) is 43.8 Å². The van der Waals surface area contributed by atoms with Gasteiger partial charge in [0, 0.05) is 37.6 Å². The summed E-state index contributed by atoms with van der Waals surface area (Å²) in [5.41, 5.74) is 2.61. The molecule has 6 heteroatoms. The summed E-state index contributed by atoms with van der Waals surface area (Å²) in [4.78, 5) is 27.4. The number of hydrogen-bond donors (Lipinski definition) is 1. The molecule has 2 saturated heterocycles. The smallest absolute Gasteiger partial charge is 0.268 e. The molecule has 2 amide bonds. The van der Waals surface area contributed by atoms with E-state index in [9.17, 15) is 9.59 Å². The number of amides is 2. The molecule has 1 unspecified atom stereocenters. The van der Waals surface area contributed by atoms with Crippen LogP contribution in [0, 0.1) is 0 Å². The SMILES string of the molecule is Cn1c(C(=O)NCC2CCC3(CCN(C(=O)Cc4ccccc4)CC3)O2)cc2ccccc21. The number of likely N-dealkylation sites (tertiary alicyclic amines) is 1. The first kappa shape index (κ1) is 21.7. The van der Waals surface area contributed by atoms with Gasteiger partial charge >= 0.3 is 0 Å². The zero-order valence-corrected chi connectivity index (χ0v) is 19.1. The molecule has 5 rings (SSSR count). The van der Waals surface area contributed by atoms with Crippen molar-refractivity contribution in [1.29, 1.82) is 0 Å². The van der Waals surface area contributed by atoms with Crippen LogP contribution in [-0.2, 0) is 23.0 Å². The third-order valence-corrected chi connectivity index (χ3v) is 7.24. The van der Waals surface area contributed by atoms with Gasteiger partial charge in [-0.15, -0.1) is 0 Å². The average molecular weight is 446 g/mol. The van der Waals surface area contributed by atoms with Gasteiger partial charge in [0.2, 0.25) is 5.91 Å². The Bertz CT molecular complexity index is 1150. The Hall–Kier alpha value is -3.12. The second-order valence-corrected chi connectivity index (χ2v) is 9.36. The minimum absolute atomic E-state index is 0.0233. The summed E-state index contributed by atoms with van der Waals surface area (Å²) in [5, 5.41) is 4.13. The molecule has 6 nitrogen and oxygen atoms in total. The molecule has 2 fully saturated rings. The number of aryl methyl sites for hydroxylation is 1. The lowest BCUT2D eigenvalue weighted by atomic mass is 9.88. The van der Waals surface area contributed by atoms with Gasteiger partial charge in [0.05, 0.1) is 18.1 Å². The van der Waals surface area contributed by atoms with Crippen molar-refractivity contribution >= 4 is 22.7 Å². The number of carbonyl (C=O) groups excluding carboxylic acids is 2.